The molecule has 1 fully saturated rings. The molecule has 0 radical (unpaired) electrons. The molecule has 1 saturated heterocycles. The molecule has 3 heteroatoms. The van der Waals surface area contributed by atoms with Gasteiger partial charge in [0.2, 0.25) is 0 Å². The van der Waals surface area contributed by atoms with Crippen molar-refractivity contribution in [3.63, 3.8) is 0 Å². The Morgan fingerprint density at radius 1 is 1.19 bits per heavy atom. The lowest BCUT2D eigenvalue weighted by Crippen LogP contribution is -2.43. The average Bonchev–Trinajstić information content (AvgIpc) is 2.47. The number of benzene rings is 1. The minimum atomic E-state index is 0.230. The van der Waals surface area contributed by atoms with Gasteiger partial charge < -0.3 is 10.1 Å². The first-order valence-corrected chi connectivity index (χ1v) is 8.26. The van der Waals surface area contributed by atoms with Gasteiger partial charge in [0.15, 0.2) is 0 Å². The number of hydrogen-bond acceptors (Lipinski definition) is 3. The third kappa shape index (κ3) is 5.01. The Labute approximate surface area is 129 Å². The summed E-state index contributed by atoms with van der Waals surface area (Å²) in [5.74, 6) is 0.956. The van der Waals surface area contributed by atoms with E-state index in [9.17, 15) is 0 Å². The summed E-state index contributed by atoms with van der Waals surface area (Å²) in [6.45, 7) is 8.68. The van der Waals surface area contributed by atoms with E-state index in [1.807, 2.05) is 0 Å². The predicted octanol–water partition coefficient (Wildman–Crippen LogP) is 3.61. The highest BCUT2D eigenvalue weighted by Gasteiger charge is 2.18. The van der Waals surface area contributed by atoms with Crippen molar-refractivity contribution in [2.45, 2.75) is 58.2 Å². The number of likely N-dealkylation sites (N-methyl/N-ethyl adjacent to an activating group) is 1. The summed E-state index contributed by atoms with van der Waals surface area (Å²) in [7, 11) is 2.22. The van der Waals surface area contributed by atoms with Gasteiger partial charge in [-0.1, -0.05) is 18.6 Å². The van der Waals surface area contributed by atoms with Crippen molar-refractivity contribution in [1.29, 1.82) is 0 Å². The first-order chi connectivity index (χ1) is 10.1. The van der Waals surface area contributed by atoms with Crippen LogP contribution in [0.5, 0.6) is 5.75 Å². The van der Waals surface area contributed by atoms with Crippen LogP contribution < -0.4 is 10.1 Å². The first kappa shape index (κ1) is 16.3. The molecule has 2 atom stereocenters. The molecule has 0 saturated carbocycles. The quantitative estimate of drug-likeness (QED) is 0.866. The van der Waals surface area contributed by atoms with E-state index in [-0.39, 0.29) is 6.10 Å². The standard InChI is InChI=1S/C18H30N2O/c1-14(2)21-18-10-8-16(9-11-18)15(3)20(4)13-17-7-5-6-12-19-17/h8-11,14-15,17,19H,5-7,12-13H2,1-4H3. The topological polar surface area (TPSA) is 24.5 Å². The fourth-order valence-corrected chi connectivity index (χ4v) is 2.94. The van der Waals surface area contributed by atoms with Crippen molar-refractivity contribution < 1.29 is 4.74 Å². The monoisotopic (exact) mass is 290 g/mol. The Balaban J connectivity index is 1.90. The fraction of sp³-hybridized carbons (Fsp3) is 0.667. The maximum atomic E-state index is 5.71. The molecular formula is C18H30N2O. The second-order valence-electron chi connectivity index (χ2n) is 6.50. The molecule has 1 aliphatic heterocycles. The lowest BCUT2D eigenvalue weighted by atomic mass is 10.0. The van der Waals surface area contributed by atoms with Gasteiger partial charge in [-0.15, -0.1) is 0 Å². The van der Waals surface area contributed by atoms with Crippen LogP contribution in [0.2, 0.25) is 0 Å². The van der Waals surface area contributed by atoms with Crippen LogP contribution in [0.15, 0.2) is 24.3 Å². The van der Waals surface area contributed by atoms with Crippen LogP contribution in [0, 0.1) is 0 Å². The SMILES string of the molecule is CC(C)Oc1ccc(C(C)N(C)CC2CCCCN2)cc1. The zero-order valence-corrected chi connectivity index (χ0v) is 13.9. The molecule has 1 aromatic rings. The number of ether oxygens (including phenoxy) is 1. The molecule has 0 aromatic heterocycles. The van der Waals surface area contributed by atoms with Gasteiger partial charge in [0.1, 0.15) is 5.75 Å². The zero-order valence-electron chi connectivity index (χ0n) is 13.9. The number of nitrogens with zero attached hydrogens (tertiary/aromatic N) is 1. The summed E-state index contributed by atoms with van der Waals surface area (Å²) in [5, 5.41) is 3.63. The molecule has 2 unspecified atom stereocenters. The van der Waals surface area contributed by atoms with E-state index in [1.165, 1.54) is 31.4 Å². The highest BCUT2D eigenvalue weighted by molar-refractivity contribution is 5.29. The first-order valence-electron chi connectivity index (χ1n) is 8.26. The van der Waals surface area contributed by atoms with Crippen LogP contribution >= 0.6 is 0 Å². The van der Waals surface area contributed by atoms with Crippen LogP contribution in [-0.2, 0) is 0 Å². The fourth-order valence-electron chi connectivity index (χ4n) is 2.94. The van der Waals surface area contributed by atoms with Crippen molar-refractivity contribution in [1.82, 2.24) is 10.2 Å². The van der Waals surface area contributed by atoms with E-state index in [4.69, 9.17) is 4.74 Å². The van der Waals surface area contributed by atoms with Gasteiger partial charge in [-0.05, 0) is 64.9 Å². The van der Waals surface area contributed by atoms with Crippen LogP contribution in [0.25, 0.3) is 0 Å². The summed E-state index contributed by atoms with van der Waals surface area (Å²) in [6, 6.07) is 9.62. The van der Waals surface area contributed by atoms with Gasteiger partial charge in [-0.25, -0.2) is 0 Å². The van der Waals surface area contributed by atoms with Crippen LogP contribution in [0.4, 0.5) is 0 Å². The summed E-state index contributed by atoms with van der Waals surface area (Å²) < 4.78 is 5.71. The predicted molar refractivity (Wildman–Crippen MR) is 88.9 cm³/mol. The summed E-state index contributed by atoms with van der Waals surface area (Å²) in [5.41, 5.74) is 1.35. The molecule has 3 nitrogen and oxygen atoms in total. The van der Waals surface area contributed by atoms with Crippen LogP contribution in [0.3, 0.4) is 0 Å². The lowest BCUT2D eigenvalue weighted by Gasteiger charge is -2.32. The smallest absolute Gasteiger partial charge is 0.119 e. The molecule has 0 aliphatic carbocycles. The Kier molecular flexibility index (Phi) is 6.07. The normalized spacial score (nSPS) is 20.8. The molecule has 2 rings (SSSR count). The van der Waals surface area contributed by atoms with Crippen molar-refractivity contribution >= 4 is 0 Å². The average molecular weight is 290 g/mol. The molecule has 1 heterocycles. The minimum absolute atomic E-state index is 0.230. The van der Waals surface area contributed by atoms with Gasteiger partial charge in [-0.2, -0.15) is 0 Å². The summed E-state index contributed by atoms with van der Waals surface area (Å²) in [6.07, 6.45) is 4.22. The van der Waals surface area contributed by atoms with Gasteiger partial charge in [-0.3, -0.25) is 4.90 Å². The van der Waals surface area contributed by atoms with Crippen molar-refractivity contribution in [3.8, 4) is 5.75 Å². The Hall–Kier alpha value is -1.06. The maximum Gasteiger partial charge on any atom is 0.119 e. The largest absolute Gasteiger partial charge is 0.491 e. The van der Waals surface area contributed by atoms with Crippen molar-refractivity contribution in [2.24, 2.45) is 0 Å². The number of rotatable bonds is 6. The van der Waals surface area contributed by atoms with E-state index in [0.29, 0.717) is 12.1 Å². The van der Waals surface area contributed by atoms with E-state index in [0.717, 1.165) is 12.3 Å². The number of hydrogen-bond donors (Lipinski definition) is 1. The van der Waals surface area contributed by atoms with Crippen LogP contribution in [0.1, 0.15) is 51.6 Å². The molecule has 1 aliphatic rings. The Morgan fingerprint density at radius 2 is 1.90 bits per heavy atom. The van der Waals surface area contributed by atoms with Gasteiger partial charge in [0.25, 0.3) is 0 Å². The Bertz CT molecular complexity index is 410. The summed E-state index contributed by atoms with van der Waals surface area (Å²) >= 11 is 0. The second kappa shape index (κ2) is 7.81. The highest BCUT2D eigenvalue weighted by atomic mass is 16.5. The van der Waals surface area contributed by atoms with Crippen LogP contribution in [-0.4, -0.2) is 37.2 Å². The third-order valence-electron chi connectivity index (χ3n) is 4.32. The van der Waals surface area contributed by atoms with Crippen molar-refractivity contribution in [3.05, 3.63) is 29.8 Å². The molecular weight excluding hydrogens is 260 g/mol. The van der Waals surface area contributed by atoms with E-state index in [1.54, 1.807) is 0 Å². The molecule has 1 N–H and O–H groups in total. The van der Waals surface area contributed by atoms with E-state index < -0.39 is 0 Å². The molecule has 21 heavy (non-hydrogen) atoms. The lowest BCUT2D eigenvalue weighted by molar-refractivity contribution is 0.214. The van der Waals surface area contributed by atoms with Crippen molar-refractivity contribution in [2.75, 3.05) is 20.1 Å². The van der Waals surface area contributed by atoms with Gasteiger partial charge >= 0.3 is 0 Å². The Morgan fingerprint density at radius 3 is 2.48 bits per heavy atom. The molecule has 0 bridgehead atoms. The van der Waals surface area contributed by atoms with E-state index in [2.05, 4.69) is 62.3 Å². The molecule has 0 spiro atoms. The number of piperidine rings is 1. The molecule has 118 valence electrons. The number of nitrogens with one attached hydrogen (secondary N) is 1. The summed E-state index contributed by atoms with van der Waals surface area (Å²) in [4.78, 5) is 2.45. The van der Waals surface area contributed by atoms with Gasteiger partial charge in [0.05, 0.1) is 6.10 Å². The molecule has 1 aromatic carbocycles. The highest BCUT2D eigenvalue weighted by Crippen LogP contribution is 2.23. The van der Waals surface area contributed by atoms with E-state index >= 15 is 0 Å². The minimum Gasteiger partial charge on any atom is -0.491 e. The second-order valence-corrected chi connectivity index (χ2v) is 6.50. The van der Waals surface area contributed by atoms with Gasteiger partial charge in [0, 0.05) is 18.6 Å². The maximum absolute atomic E-state index is 5.71. The zero-order chi connectivity index (χ0) is 15.2. The third-order valence-corrected chi connectivity index (χ3v) is 4.32. The molecule has 0 amide bonds.